The Bertz CT molecular complexity index is 389. The maximum absolute atomic E-state index is 12.0. The molecular formula is C11H18N4O3. The summed E-state index contributed by atoms with van der Waals surface area (Å²) in [6.45, 7) is 4.38. The zero-order valence-electron chi connectivity index (χ0n) is 10.6. The number of carbonyl (C=O) groups is 2. The number of carbonyl (C=O) groups excluding carboxylic acids is 1. The molecule has 0 bridgehead atoms. The third-order valence-corrected chi connectivity index (χ3v) is 2.50. The lowest BCUT2D eigenvalue weighted by atomic mass is 10.2. The lowest BCUT2D eigenvalue weighted by molar-refractivity contribution is -0.138. The van der Waals surface area contributed by atoms with Crippen LogP contribution in [0.4, 0.5) is 0 Å². The van der Waals surface area contributed by atoms with E-state index in [9.17, 15) is 9.59 Å². The molecule has 0 radical (unpaired) electrons. The quantitative estimate of drug-likeness (QED) is 0.760. The lowest BCUT2D eigenvalue weighted by Crippen LogP contribution is -2.40. The number of carboxylic acids is 1. The summed E-state index contributed by atoms with van der Waals surface area (Å²) in [5.41, 5.74) is 0. The Labute approximate surface area is 105 Å². The van der Waals surface area contributed by atoms with Crippen LogP contribution in [0.5, 0.6) is 0 Å². The number of carboxylic acid groups (broad SMARTS) is 1. The third kappa shape index (κ3) is 4.52. The first kappa shape index (κ1) is 14.1. The van der Waals surface area contributed by atoms with Gasteiger partial charge in [-0.2, -0.15) is 0 Å². The Kier molecular flexibility index (Phi) is 5.29. The van der Waals surface area contributed by atoms with Crippen molar-refractivity contribution in [3.8, 4) is 0 Å². The van der Waals surface area contributed by atoms with E-state index in [0.29, 0.717) is 13.0 Å². The van der Waals surface area contributed by atoms with Gasteiger partial charge in [-0.3, -0.25) is 9.59 Å². The fraction of sp³-hybridized carbons (Fsp3) is 0.636. The topological polar surface area (TPSA) is 88.3 Å². The van der Waals surface area contributed by atoms with E-state index in [1.165, 1.54) is 10.9 Å². The van der Waals surface area contributed by atoms with Gasteiger partial charge >= 0.3 is 5.97 Å². The predicted octanol–water partition coefficient (Wildman–Crippen LogP) is 0.380. The summed E-state index contributed by atoms with van der Waals surface area (Å²) < 4.78 is 1.45. The fourth-order valence-corrected chi connectivity index (χ4v) is 1.62. The average molecular weight is 254 g/mol. The molecule has 18 heavy (non-hydrogen) atoms. The molecule has 1 aromatic heterocycles. The molecule has 0 fully saturated rings. The maximum atomic E-state index is 12.0. The molecule has 0 aliphatic rings. The summed E-state index contributed by atoms with van der Waals surface area (Å²) in [5, 5.41) is 15.9. The van der Waals surface area contributed by atoms with Crippen molar-refractivity contribution in [1.82, 2.24) is 19.9 Å². The Morgan fingerprint density at radius 3 is 2.67 bits per heavy atom. The first-order valence-electron chi connectivity index (χ1n) is 5.86. The second-order valence-corrected chi connectivity index (χ2v) is 4.28. The molecule has 0 unspecified atom stereocenters. The first-order chi connectivity index (χ1) is 8.50. The molecule has 1 rings (SSSR count). The van der Waals surface area contributed by atoms with E-state index in [1.54, 1.807) is 11.1 Å². The summed E-state index contributed by atoms with van der Waals surface area (Å²) in [7, 11) is 0. The Morgan fingerprint density at radius 1 is 1.44 bits per heavy atom. The molecule has 100 valence electrons. The second kappa shape index (κ2) is 6.73. The zero-order chi connectivity index (χ0) is 13.5. The molecule has 0 spiro atoms. The van der Waals surface area contributed by atoms with Crippen molar-refractivity contribution < 1.29 is 14.7 Å². The second-order valence-electron chi connectivity index (χ2n) is 4.28. The van der Waals surface area contributed by atoms with Gasteiger partial charge < -0.3 is 10.0 Å². The molecule has 1 amide bonds. The van der Waals surface area contributed by atoms with Crippen LogP contribution in [0, 0.1) is 0 Å². The summed E-state index contributed by atoms with van der Waals surface area (Å²) in [4.78, 5) is 24.1. The van der Waals surface area contributed by atoms with Crippen molar-refractivity contribution in [2.24, 2.45) is 0 Å². The van der Waals surface area contributed by atoms with Crippen molar-refractivity contribution in [3.63, 3.8) is 0 Å². The minimum absolute atomic E-state index is 0.0369. The number of rotatable bonds is 7. The summed E-state index contributed by atoms with van der Waals surface area (Å²) in [5.74, 6) is -0.927. The van der Waals surface area contributed by atoms with Crippen LogP contribution < -0.4 is 0 Å². The van der Waals surface area contributed by atoms with Gasteiger partial charge in [0.15, 0.2) is 0 Å². The third-order valence-electron chi connectivity index (χ3n) is 2.50. The van der Waals surface area contributed by atoms with E-state index >= 15 is 0 Å². The van der Waals surface area contributed by atoms with E-state index in [2.05, 4.69) is 10.3 Å². The monoisotopic (exact) mass is 254 g/mol. The van der Waals surface area contributed by atoms with Gasteiger partial charge in [-0.1, -0.05) is 5.21 Å². The van der Waals surface area contributed by atoms with Gasteiger partial charge in [-0.15, -0.1) is 5.10 Å². The molecule has 7 heteroatoms. The molecule has 0 aromatic carbocycles. The molecule has 1 N–H and O–H groups in total. The molecule has 0 aliphatic heterocycles. The standard InChI is InChI=1S/C11H18N4O3/c1-9(2)15(6-3-4-11(17)18)10(16)8-14-7-5-12-13-14/h5,7,9H,3-4,6,8H2,1-2H3,(H,17,18). The van der Waals surface area contributed by atoms with Crippen LogP contribution in [0.2, 0.25) is 0 Å². The highest BCUT2D eigenvalue weighted by Crippen LogP contribution is 2.04. The minimum Gasteiger partial charge on any atom is -0.481 e. The van der Waals surface area contributed by atoms with Crippen molar-refractivity contribution in [2.75, 3.05) is 6.54 Å². The highest BCUT2D eigenvalue weighted by Gasteiger charge is 2.17. The number of amides is 1. The molecule has 0 aliphatic carbocycles. The largest absolute Gasteiger partial charge is 0.481 e. The smallest absolute Gasteiger partial charge is 0.303 e. The maximum Gasteiger partial charge on any atom is 0.303 e. The lowest BCUT2D eigenvalue weighted by Gasteiger charge is -2.26. The summed E-state index contributed by atoms with van der Waals surface area (Å²) in [6.07, 6.45) is 3.65. The Morgan fingerprint density at radius 2 is 2.17 bits per heavy atom. The van der Waals surface area contributed by atoms with Gasteiger partial charge in [0.1, 0.15) is 6.54 Å². The van der Waals surface area contributed by atoms with Crippen molar-refractivity contribution in [3.05, 3.63) is 12.4 Å². The van der Waals surface area contributed by atoms with Crippen LogP contribution in [-0.4, -0.2) is 49.5 Å². The SMILES string of the molecule is CC(C)N(CCCC(=O)O)C(=O)Cn1ccnn1. The fourth-order valence-electron chi connectivity index (χ4n) is 1.62. The van der Waals surface area contributed by atoms with Crippen molar-refractivity contribution >= 4 is 11.9 Å². The van der Waals surface area contributed by atoms with Crippen molar-refractivity contribution in [1.29, 1.82) is 0 Å². The van der Waals surface area contributed by atoms with Gasteiger partial charge in [-0.05, 0) is 20.3 Å². The van der Waals surface area contributed by atoms with Crippen LogP contribution in [0.1, 0.15) is 26.7 Å². The Hall–Kier alpha value is -1.92. The molecular weight excluding hydrogens is 236 g/mol. The van der Waals surface area contributed by atoms with Crippen LogP contribution in [0.25, 0.3) is 0 Å². The van der Waals surface area contributed by atoms with Gasteiger partial charge in [0.25, 0.3) is 0 Å². The normalized spacial score (nSPS) is 10.6. The number of aliphatic carboxylic acids is 1. The highest BCUT2D eigenvalue weighted by molar-refractivity contribution is 5.76. The van der Waals surface area contributed by atoms with Crippen LogP contribution in [0.15, 0.2) is 12.4 Å². The van der Waals surface area contributed by atoms with Crippen LogP contribution in [-0.2, 0) is 16.1 Å². The van der Waals surface area contributed by atoms with Gasteiger partial charge in [0.2, 0.25) is 5.91 Å². The van der Waals surface area contributed by atoms with E-state index in [4.69, 9.17) is 5.11 Å². The van der Waals surface area contributed by atoms with Crippen molar-refractivity contribution in [2.45, 2.75) is 39.3 Å². The van der Waals surface area contributed by atoms with Gasteiger partial charge in [0.05, 0.1) is 6.20 Å². The van der Waals surface area contributed by atoms with E-state index in [1.807, 2.05) is 13.8 Å². The molecule has 0 saturated carbocycles. The Balaban J connectivity index is 2.50. The molecule has 1 heterocycles. The van der Waals surface area contributed by atoms with Gasteiger partial charge in [-0.25, -0.2) is 4.68 Å². The number of aromatic nitrogens is 3. The predicted molar refractivity (Wildman–Crippen MR) is 63.7 cm³/mol. The molecule has 0 atom stereocenters. The number of hydrogen-bond donors (Lipinski definition) is 1. The van der Waals surface area contributed by atoms with Crippen LogP contribution >= 0.6 is 0 Å². The van der Waals surface area contributed by atoms with E-state index < -0.39 is 5.97 Å². The van der Waals surface area contributed by atoms with Gasteiger partial charge in [0, 0.05) is 25.2 Å². The molecule has 1 aromatic rings. The highest BCUT2D eigenvalue weighted by atomic mass is 16.4. The van der Waals surface area contributed by atoms with E-state index in [0.717, 1.165) is 0 Å². The van der Waals surface area contributed by atoms with E-state index in [-0.39, 0.29) is 24.9 Å². The zero-order valence-corrected chi connectivity index (χ0v) is 10.6. The summed E-state index contributed by atoms with van der Waals surface area (Å²) in [6, 6.07) is 0.0369. The first-order valence-corrected chi connectivity index (χ1v) is 5.86. The summed E-state index contributed by atoms with van der Waals surface area (Å²) >= 11 is 0. The minimum atomic E-state index is -0.845. The number of hydrogen-bond acceptors (Lipinski definition) is 4. The average Bonchev–Trinajstić information content (AvgIpc) is 2.75. The van der Waals surface area contributed by atoms with Crippen LogP contribution in [0.3, 0.4) is 0 Å². The molecule has 7 nitrogen and oxygen atoms in total. The molecule has 0 saturated heterocycles. The number of nitrogens with zero attached hydrogens (tertiary/aromatic N) is 4.